The number of ether oxygens (including phenoxy) is 1. The van der Waals surface area contributed by atoms with Crippen molar-refractivity contribution in [3.63, 3.8) is 0 Å². The predicted octanol–water partition coefficient (Wildman–Crippen LogP) is 1.06. The summed E-state index contributed by atoms with van der Waals surface area (Å²) in [5, 5.41) is 20.1. The van der Waals surface area contributed by atoms with Gasteiger partial charge in [0.15, 0.2) is 11.7 Å². The van der Waals surface area contributed by atoms with Gasteiger partial charge in [-0.25, -0.2) is 8.78 Å². The zero-order valence-corrected chi connectivity index (χ0v) is 16.2. The lowest BCUT2D eigenvalue weighted by molar-refractivity contribution is 0.122. The molecule has 160 valence electrons. The van der Waals surface area contributed by atoms with Gasteiger partial charge in [-0.2, -0.15) is 9.97 Å². The Balaban J connectivity index is 1.83. The zero-order valence-electron chi connectivity index (χ0n) is 16.2. The topological polar surface area (TPSA) is 110 Å². The Bertz CT molecular complexity index is 884. The number of fused-ring (bicyclic) bond motifs is 1. The average molecular weight is 419 g/mol. The van der Waals surface area contributed by atoms with Gasteiger partial charge >= 0.3 is 0 Å². The molecule has 1 saturated heterocycles. The molecule has 1 aliphatic carbocycles. The quantitative estimate of drug-likeness (QED) is 0.567. The van der Waals surface area contributed by atoms with Crippen molar-refractivity contribution in [1.82, 2.24) is 9.97 Å². The molecule has 11 heteroatoms. The number of rotatable bonds is 7. The van der Waals surface area contributed by atoms with Crippen molar-refractivity contribution in [2.75, 3.05) is 54.6 Å². The van der Waals surface area contributed by atoms with Gasteiger partial charge in [-0.3, -0.25) is 9.89 Å². The molecule has 0 aromatic carbocycles. The Kier molecular flexibility index (Phi) is 6.00. The molecule has 0 amide bonds. The van der Waals surface area contributed by atoms with Crippen molar-refractivity contribution in [3.05, 3.63) is 29.9 Å². The fraction of sp³-hybridized carbons (Fsp3) is 0.474. The summed E-state index contributed by atoms with van der Waals surface area (Å²) in [4.78, 5) is 16.6. The zero-order chi connectivity index (χ0) is 21.1. The van der Waals surface area contributed by atoms with E-state index in [1.54, 1.807) is 24.3 Å². The number of nitrogens with zero attached hydrogens (tertiary/aromatic N) is 5. The van der Waals surface area contributed by atoms with Crippen LogP contribution in [0.1, 0.15) is 5.56 Å². The van der Waals surface area contributed by atoms with Crippen LogP contribution in [0.15, 0.2) is 29.3 Å². The molecule has 0 radical (unpaired) electrons. The van der Waals surface area contributed by atoms with Crippen LogP contribution in [0.3, 0.4) is 0 Å². The highest BCUT2D eigenvalue weighted by Gasteiger charge is 2.41. The van der Waals surface area contributed by atoms with E-state index < -0.39 is 18.5 Å². The molecule has 3 heterocycles. The van der Waals surface area contributed by atoms with E-state index in [2.05, 4.69) is 20.3 Å². The number of aliphatic hydroxyl groups is 1. The van der Waals surface area contributed by atoms with Crippen LogP contribution in [0.5, 0.6) is 0 Å². The maximum Gasteiger partial charge on any atom is 0.295 e. The number of aromatic nitrogens is 2. The lowest BCUT2D eigenvalue weighted by Crippen LogP contribution is -2.43. The van der Waals surface area contributed by atoms with Gasteiger partial charge in [0.05, 0.1) is 37.5 Å². The number of amidine groups is 1. The molecule has 1 aromatic heterocycles. The van der Waals surface area contributed by atoms with Gasteiger partial charge in [0, 0.05) is 25.8 Å². The summed E-state index contributed by atoms with van der Waals surface area (Å²) in [5.74, 6) is 0.460. The Labute approximate surface area is 172 Å². The number of aliphatic hydroxyl groups excluding tert-OH is 1. The number of alkyl halides is 2. The van der Waals surface area contributed by atoms with Crippen molar-refractivity contribution >= 4 is 29.6 Å². The Morgan fingerprint density at radius 3 is 2.73 bits per heavy atom. The van der Waals surface area contributed by atoms with Gasteiger partial charge < -0.3 is 25.5 Å². The van der Waals surface area contributed by atoms with Crippen LogP contribution >= 0.6 is 0 Å². The maximum atomic E-state index is 13.9. The largest absolute Gasteiger partial charge is 0.395 e. The molecular weight excluding hydrogens is 396 g/mol. The molecule has 3 aliphatic rings. The third-order valence-corrected chi connectivity index (χ3v) is 5.08. The van der Waals surface area contributed by atoms with E-state index in [1.807, 2.05) is 4.90 Å². The molecule has 0 bridgehead atoms. The molecule has 2 atom stereocenters. The lowest BCUT2D eigenvalue weighted by atomic mass is 10.0. The van der Waals surface area contributed by atoms with Crippen molar-refractivity contribution in [1.29, 1.82) is 5.41 Å². The van der Waals surface area contributed by atoms with E-state index in [9.17, 15) is 13.9 Å². The fourth-order valence-electron chi connectivity index (χ4n) is 3.70. The molecule has 4 rings (SSSR count). The first kappa shape index (κ1) is 20.4. The average Bonchev–Trinajstić information content (AvgIpc) is 3.17. The number of anilines is 3. The highest BCUT2D eigenvalue weighted by atomic mass is 19.3. The normalized spacial score (nSPS) is 23.0. The van der Waals surface area contributed by atoms with E-state index in [0.717, 1.165) is 6.21 Å². The first-order valence-electron chi connectivity index (χ1n) is 9.74. The van der Waals surface area contributed by atoms with Gasteiger partial charge in [-0.1, -0.05) is 24.3 Å². The number of morpholine rings is 1. The van der Waals surface area contributed by atoms with Crippen molar-refractivity contribution in [2.24, 2.45) is 4.99 Å². The fourth-order valence-corrected chi connectivity index (χ4v) is 3.70. The van der Waals surface area contributed by atoms with Gasteiger partial charge in [0.2, 0.25) is 5.95 Å². The van der Waals surface area contributed by atoms with Gasteiger partial charge in [0.25, 0.3) is 6.43 Å². The molecule has 3 N–H and O–H groups in total. The Hall–Kier alpha value is -2.92. The van der Waals surface area contributed by atoms with E-state index in [1.165, 1.54) is 4.90 Å². The van der Waals surface area contributed by atoms with Crippen LogP contribution in [0.4, 0.5) is 26.4 Å². The summed E-state index contributed by atoms with van der Waals surface area (Å²) in [6.45, 7) is 2.20. The number of halogens is 2. The highest BCUT2D eigenvalue weighted by Crippen LogP contribution is 2.35. The standard InChI is InChI=1S/C19H23F2N7O2/c20-15(21)18-24-13-3-1-2-4-14(13)28(18)17-12(11-22)16(23-5-8-29)25-19(26-17)27-6-9-30-10-7-27/h1-4,11,13-15,22,29H,5-10H2,(H,23,25,26). The van der Waals surface area contributed by atoms with E-state index >= 15 is 0 Å². The van der Waals surface area contributed by atoms with Gasteiger partial charge in [-0.05, 0) is 0 Å². The molecular formula is C19H23F2N7O2. The van der Waals surface area contributed by atoms with Crippen LogP contribution in [0.2, 0.25) is 0 Å². The first-order chi connectivity index (χ1) is 14.6. The number of hydrogen-bond donors (Lipinski definition) is 3. The number of nitrogens with one attached hydrogen (secondary N) is 2. The minimum atomic E-state index is -2.80. The second kappa shape index (κ2) is 8.84. The first-order valence-corrected chi connectivity index (χ1v) is 9.74. The highest BCUT2D eigenvalue weighted by molar-refractivity contribution is 6.06. The van der Waals surface area contributed by atoms with Gasteiger partial charge in [0.1, 0.15) is 5.82 Å². The monoisotopic (exact) mass is 419 g/mol. The molecule has 1 fully saturated rings. The lowest BCUT2D eigenvalue weighted by Gasteiger charge is -2.32. The van der Waals surface area contributed by atoms with Crippen LogP contribution < -0.4 is 15.1 Å². The molecule has 0 saturated carbocycles. The molecule has 9 nitrogen and oxygen atoms in total. The summed E-state index contributed by atoms with van der Waals surface area (Å²) >= 11 is 0. The van der Waals surface area contributed by atoms with Crippen molar-refractivity contribution in [3.8, 4) is 0 Å². The third-order valence-electron chi connectivity index (χ3n) is 5.08. The van der Waals surface area contributed by atoms with E-state index in [-0.39, 0.29) is 30.4 Å². The van der Waals surface area contributed by atoms with Crippen LogP contribution in [-0.2, 0) is 4.74 Å². The second-order valence-corrected chi connectivity index (χ2v) is 6.91. The summed E-state index contributed by atoms with van der Waals surface area (Å²) < 4.78 is 33.2. The molecule has 2 aliphatic heterocycles. The predicted molar refractivity (Wildman–Crippen MR) is 110 cm³/mol. The number of allylic oxidation sites excluding steroid dienone is 2. The molecule has 30 heavy (non-hydrogen) atoms. The van der Waals surface area contributed by atoms with Crippen LogP contribution in [-0.4, -0.2) is 85.1 Å². The van der Waals surface area contributed by atoms with Crippen molar-refractivity contribution in [2.45, 2.75) is 18.5 Å². The minimum absolute atomic E-state index is 0.143. The minimum Gasteiger partial charge on any atom is -0.395 e. The third kappa shape index (κ3) is 3.77. The maximum absolute atomic E-state index is 13.9. The van der Waals surface area contributed by atoms with Gasteiger partial charge in [-0.15, -0.1) is 0 Å². The smallest absolute Gasteiger partial charge is 0.295 e. The van der Waals surface area contributed by atoms with Crippen LogP contribution in [0.25, 0.3) is 0 Å². The summed E-state index contributed by atoms with van der Waals surface area (Å²) in [5.41, 5.74) is 0.261. The van der Waals surface area contributed by atoms with Crippen LogP contribution in [0, 0.1) is 5.41 Å². The van der Waals surface area contributed by atoms with E-state index in [4.69, 9.17) is 10.1 Å². The SMILES string of the molecule is N=Cc1c(NCCO)nc(N2CCOCC2)nc1N1C(C(F)F)=NC2C=CC=CC21. The summed E-state index contributed by atoms with van der Waals surface area (Å²) in [6.07, 6.45) is 5.38. The number of hydrogen-bond acceptors (Lipinski definition) is 9. The van der Waals surface area contributed by atoms with Crippen molar-refractivity contribution < 1.29 is 18.6 Å². The summed E-state index contributed by atoms with van der Waals surface area (Å²) in [6, 6.07) is -0.913. The molecule has 0 spiro atoms. The molecule has 1 aromatic rings. The Morgan fingerprint density at radius 1 is 1.27 bits per heavy atom. The van der Waals surface area contributed by atoms with E-state index in [0.29, 0.717) is 38.1 Å². The Morgan fingerprint density at radius 2 is 2.03 bits per heavy atom. The number of aliphatic imine (C=N–C) groups is 1. The summed E-state index contributed by atoms with van der Waals surface area (Å²) in [7, 11) is 0. The molecule has 2 unspecified atom stereocenters. The second-order valence-electron chi connectivity index (χ2n) is 6.91.